The molecule has 0 aromatic heterocycles. The van der Waals surface area contributed by atoms with Crippen molar-refractivity contribution in [1.29, 1.82) is 0 Å². The number of fused-ring (bicyclic) bond motifs is 1. The number of hydrogen-bond donors (Lipinski definition) is 0. The molecule has 0 radical (unpaired) electrons. The summed E-state index contributed by atoms with van der Waals surface area (Å²) >= 11 is 6.34. The molecule has 0 fully saturated rings. The molecule has 104 valence electrons. The number of rotatable bonds is 2. The van der Waals surface area contributed by atoms with E-state index >= 15 is 0 Å². The molecule has 0 saturated carbocycles. The molecule has 0 nitrogen and oxygen atoms in total. The van der Waals surface area contributed by atoms with Gasteiger partial charge in [-0.25, -0.2) is 8.78 Å². The molecule has 0 aliphatic heterocycles. The Kier molecular flexibility index (Phi) is 3.75. The zero-order chi connectivity index (χ0) is 14.1. The Morgan fingerprint density at radius 1 is 0.950 bits per heavy atom. The van der Waals surface area contributed by atoms with Crippen LogP contribution in [0.1, 0.15) is 40.5 Å². The quantitative estimate of drug-likeness (QED) is 0.670. The Morgan fingerprint density at radius 2 is 1.70 bits per heavy atom. The van der Waals surface area contributed by atoms with E-state index in [1.807, 2.05) is 12.1 Å². The average Bonchev–Trinajstić information content (AvgIpc) is 2.49. The Hall–Kier alpha value is -1.41. The summed E-state index contributed by atoms with van der Waals surface area (Å²) in [6.07, 6.45) is 4.53. The maximum atomic E-state index is 13.8. The minimum absolute atomic E-state index is 0.197. The summed E-state index contributed by atoms with van der Waals surface area (Å²) in [5, 5.41) is -0.655. The lowest BCUT2D eigenvalue weighted by Gasteiger charge is -2.19. The maximum absolute atomic E-state index is 13.8. The number of aryl methyl sites for hydroxylation is 2. The second kappa shape index (κ2) is 5.53. The minimum atomic E-state index is -0.856. The second-order valence-corrected chi connectivity index (χ2v) is 5.68. The number of alkyl halides is 1. The van der Waals surface area contributed by atoms with Crippen molar-refractivity contribution in [1.82, 2.24) is 0 Å². The molecule has 1 unspecified atom stereocenters. The van der Waals surface area contributed by atoms with Crippen LogP contribution >= 0.6 is 11.6 Å². The summed E-state index contributed by atoms with van der Waals surface area (Å²) in [6.45, 7) is 0. The van der Waals surface area contributed by atoms with Crippen LogP contribution in [-0.2, 0) is 12.8 Å². The van der Waals surface area contributed by atoms with Crippen LogP contribution in [0.5, 0.6) is 0 Å². The van der Waals surface area contributed by atoms with Gasteiger partial charge < -0.3 is 0 Å². The second-order valence-electron chi connectivity index (χ2n) is 5.24. The Balaban J connectivity index is 1.98. The van der Waals surface area contributed by atoms with Crippen molar-refractivity contribution in [3.63, 3.8) is 0 Å². The van der Waals surface area contributed by atoms with E-state index in [1.165, 1.54) is 36.1 Å². The van der Waals surface area contributed by atoms with Gasteiger partial charge in [-0.3, -0.25) is 0 Å². The van der Waals surface area contributed by atoms with Crippen LogP contribution in [0.3, 0.4) is 0 Å². The Morgan fingerprint density at radius 3 is 2.50 bits per heavy atom. The molecular weight excluding hydrogens is 278 g/mol. The van der Waals surface area contributed by atoms with Gasteiger partial charge >= 0.3 is 0 Å². The maximum Gasteiger partial charge on any atom is 0.163 e. The lowest BCUT2D eigenvalue weighted by atomic mass is 9.89. The van der Waals surface area contributed by atoms with Gasteiger partial charge in [0.2, 0.25) is 0 Å². The van der Waals surface area contributed by atoms with E-state index in [9.17, 15) is 8.78 Å². The van der Waals surface area contributed by atoms with Crippen molar-refractivity contribution < 1.29 is 8.78 Å². The van der Waals surface area contributed by atoms with Crippen LogP contribution in [-0.4, -0.2) is 0 Å². The molecule has 1 aliphatic carbocycles. The molecule has 20 heavy (non-hydrogen) atoms. The van der Waals surface area contributed by atoms with Gasteiger partial charge in [0.05, 0.1) is 5.38 Å². The van der Waals surface area contributed by atoms with Gasteiger partial charge in [-0.05, 0) is 48.4 Å². The minimum Gasteiger partial charge on any atom is -0.204 e. The SMILES string of the molecule is Fc1cccc(C(Cl)c2ccc3c(c2)CCCC3)c1F. The molecule has 2 aromatic rings. The van der Waals surface area contributed by atoms with Gasteiger partial charge in [-0.1, -0.05) is 30.3 Å². The highest BCUT2D eigenvalue weighted by atomic mass is 35.5. The molecule has 2 aromatic carbocycles. The highest BCUT2D eigenvalue weighted by Gasteiger charge is 2.19. The third kappa shape index (κ3) is 2.45. The predicted molar refractivity (Wildman–Crippen MR) is 77.1 cm³/mol. The average molecular weight is 293 g/mol. The van der Waals surface area contributed by atoms with Gasteiger partial charge in [-0.2, -0.15) is 0 Å². The summed E-state index contributed by atoms with van der Waals surface area (Å²) in [6, 6.07) is 10.2. The van der Waals surface area contributed by atoms with Crippen LogP contribution in [0.15, 0.2) is 36.4 Å². The van der Waals surface area contributed by atoms with Crippen molar-refractivity contribution in [3.8, 4) is 0 Å². The van der Waals surface area contributed by atoms with E-state index in [-0.39, 0.29) is 5.56 Å². The lowest BCUT2D eigenvalue weighted by Crippen LogP contribution is -2.05. The molecule has 3 rings (SSSR count). The van der Waals surface area contributed by atoms with Crippen LogP contribution in [0.4, 0.5) is 8.78 Å². The fraction of sp³-hybridized carbons (Fsp3) is 0.294. The first-order valence-electron chi connectivity index (χ1n) is 6.86. The summed E-state index contributed by atoms with van der Waals surface area (Å²) in [4.78, 5) is 0. The normalized spacial score (nSPS) is 15.8. The van der Waals surface area contributed by atoms with Crippen molar-refractivity contribution in [3.05, 3.63) is 70.3 Å². The fourth-order valence-corrected chi connectivity index (χ4v) is 3.11. The molecule has 1 aliphatic rings. The zero-order valence-electron chi connectivity index (χ0n) is 11.0. The van der Waals surface area contributed by atoms with Gasteiger partial charge in [0.15, 0.2) is 11.6 Å². The molecule has 0 spiro atoms. The largest absolute Gasteiger partial charge is 0.204 e. The van der Waals surface area contributed by atoms with Gasteiger partial charge in [-0.15, -0.1) is 11.6 Å². The first-order valence-corrected chi connectivity index (χ1v) is 7.30. The molecule has 0 saturated heterocycles. The van der Waals surface area contributed by atoms with E-state index in [4.69, 9.17) is 11.6 Å². The fourth-order valence-electron chi connectivity index (χ4n) is 2.81. The molecule has 0 N–H and O–H groups in total. The summed E-state index contributed by atoms with van der Waals surface area (Å²) < 4.78 is 27.1. The van der Waals surface area contributed by atoms with Crippen molar-refractivity contribution in [2.45, 2.75) is 31.1 Å². The molecule has 1 atom stereocenters. The first-order chi connectivity index (χ1) is 9.66. The first kappa shape index (κ1) is 13.6. The smallest absolute Gasteiger partial charge is 0.163 e. The highest BCUT2D eigenvalue weighted by molar-refractivity contribution is 6.22. The molecule has 0 amide bonds. The lowest BCUT2D eigenvalue weighted by molar-refractivity contribution is 0.500. The third-order valence-corrected chi connectivity index (χ3v) is 4.41. The number of hydrogen-bond acceptors (Lipinski definition) is 0. The van der Waals surface area contributed by atoms with Gasteiger partial charge in [0.25, 0.3) is 0 Å². The van der Waals surface area contributed by atoms with Crippen molar-refractivity contribution in [2.24, 2.45) is 0 Å². The van der Waals surface area contributed by atoms with Crippen LogP contribution in [0.2, 0.25) is 0 Å². The van der Waals surface area contributed by atoms with E-state index < -0.39 is 17.0 Å². The highest BCUT2D eigenvalue weighted by Crippen LogP contribution is 2.33. The molecule has 0 heterocycles. The number of benzene rings is 2. The standard InChI is InChI=1S/C17H15ClF2/c18-16(14-6-3-7-15(19)17(14)20)13-9-8-11-4-1-2-5-12(11)10-13/h3,6-10,16H,1-2,4-5H2. The molecule has 3 heteroatoms. The van der Waals surface area contributed by atoms with Gasteiger partial charge in [0, 0.05) is 5.56 Å². The van der Waals surface area contributed by atoms with E-state index in [0.29, 0.717) is 0 Å². The topological polar surface area (TPSA) is 0 Å². The van der Waals surface area contributed by atoms with Crippen molar-refractivity contribution in [2.75, 3.05) is 0 Å². The Bertz CT molecular complexity index is 637. The van der Waals surface area contributed by atoms with Gasteiger partial charge in [0.1, 0.15) is 0 Å². The Labute approximate surface area is 122 Å². The molecule has 0 bridgehead atoms. The van der Waals surface area contributed by atoms with Crippen LogP contribution in [0.25, 0.3) is 0 Å². The monoisotopic (exact) mass is 292 g/mol. The predicted octanol–water partition coefficient (Wildman–Crippen LogP) is 5.17. The summed E-state index contributed by atoms with van der Waals surface area (Å²) in [5.41, 5.74) is 3.67. The zero-order valence-corrected chi connectivity index (χ0v) is 11.8. The summed E-state index contributed by atoms with van der Waals surface area (Å²) in [7, 11) is 0. The van der Waals surface area contributed by atoms with Crippen LogP contribution < -0.4 is 0 Å². The van der Waals surface area contributed by atoms with E-state index in [0.717, 1.165) is 24.5 Å². The van der Waals surface area contributed by atoms with Crippen molar-refractivity contribution >= 4 is 11.6 Å². The molecular formula is C17H15ClF2. The third-order valence-electron chi connectivity index (χ3n) is 3.92. The summed E-state index contributed by atoms with van der Waals surface area (Å²) in [5.74, 6) is -1.71. The van der Waals surface area contributed by atoms with E-state index in [1.54, 1.807) is 0 Å². The van der Waals surface area contributed by atoms with E-state index in [2.05, 4.69) is 6.07 Å². The van der Waals surface area contributed by atoms with Crippen LogP contribution in [0, 0.1) is 11.6 Å². The number of halogens is 3.